The molecule has 2 aromatic rings. The molecule has 0 spiro atoms. The van der Waals surface area contributed by atoms with Gasteiger partial charge in [0.25, 0.3) is 0 Å². The third kappa shape index (κ3) is 2.11. The predicted molar refractivity (Wildman–Crippen MR) is 83.8 cm³/mol. The summed E-state index contributed by atoms with van der Waals surface area (Å²) in [7, 11) is 0. The first-order valence-corrected chi connectivity index (χ1v) is 7.40. The number of aryl methyl sites for hydroxylation is 2. The average Bonchev–Trinajstić information content (AvgIpc) is 2.89. The summed E-state index contributed by atoms with van der Waals surface area (Å²) in [6.45, 7) is 9.54. The van der Waals surface area contributed by atoms with Crippen LogP contribution in [0.5, 0.6) is 5.75 Å². The van der Waals surface area contributed by atoms with Crippen LogP contribution in [0.2, 0.25) is 0 Å². The molecule has 0 aromatic heterocycles. The van der Waals surface area contributed by atoms with Crippen LogP contribution in [0, 0.1) is 13.8 Å². The van der Waals surface area contributed by atoms with Crippen LogP contribution in [-0.4, -0.2) is 6.61 Å². The van der Waals surface area contributed by atoms with Gasteiger partial charge >= 0.3 is 0 Å². The van der Waals surface area contributed by atoms with Crippen molar-refractivity contribution in [2.75, 3.05) is 6.61 Å². The second kappa shape index (κ2) is 4.97. The fourth-order valence-corrected chi connectivity index (χ4v) is 3.06. The number of fused-ring (bicyclic) bond motifs is 1. The Morgan fingerprint density at radius 2 is 1.60 bits per heavy atom. The van der Waals surface area contributed by atoms with Gasteiger partial charge in [0, 0.05) is 11.5 Å². The van der Waals surface area contributed by atoms with Crippen LogP contribution in [0.25, 0.3) is 0 Å². The van der Waals surface area contributed by atoms with Crippen LogP contribution < -0.4 is 4.74 Å². The molecule has 1 aliphatic rings. The molecule has 1 atom stereocenters. The molecular weight excluding hydrogens is 244 g/mol. The van der Waals surface area contributed by atoms with Gasteiger partial charge in [0.05, 0.1) is 6.61 Å². The van der Waals surface area contributed by atoms with Gasteiger partial charge in [0.15, 0.2) is 0 Å². The molecule has 104 valence electrons. The highest BCUT2D eigenvalue weighted by atomic mass is 16.5. The van der Waals surface area contributed by atoms with E-state index in [1.54, 1.807) is 0 Å². The van der Waals surface area contributed by atoms with E-state index in [-0.39, 0.29) is 0 Å². The van der Waals surface area contributed by atoms with Crippen molar-refractivity contribution >= 4 is 0 Å². The minimum Gasteiger partial charge on any atom is -0.492 e. The van der Waals surface area contributed by atoms with Crippen molar-refractivity contribution in [2.24, 2.45) is 0 Å². The molecule has 0 amide bonds. The molecule has 2 aromatic carbocycles. The lowest BCUT2D eigenvalue weighted by Gasteiger charge is -2.14. The van der Waals surface area contributed by atoms with Gasteiger partial charge in [-0.2, -0.15) is 0 Å². The van der Waals surface area contributed by atoms with Crippen LogP contribution in [0.3, 0.4) is 0 Å². The van der Waals surface area contributed by atoms with E-state index >= 15 is 0 Å². The minimum atomic E-state index is 0.381. The Labute approximate surface area is 121 Å². The van der Waals surface area contributed by atoms with Gasteiger partial charge in [-0.25, -0.2) is 0 Å². The lowest BCUT2D eigenvalue weighted by atomic mass is 9.88. The zero-order valence-corrected chi connectivity index (χ0v) is 12.7. The fourth-order valence-electron chi connectivity index (χ4n) is 3.06. The molecular formula is C19H22O. The highest BCUT2D eigenvalue weighted by Crippen LogP contribution is 2.42. The maximum absolute atomic E-state index is 5.95. The van der Waals surface area contributed by atoms with Crippen molar-refractivity contribution in [1.82, 2.24) is 0 Å². The Kier molecular flexibility index (Phi) is 3.29. The number of benzene rings is 2. The number of rotatable bonds is 2. The Balaban J connectivity index is 2.01. The highest BCUT2D eigenvalue weighted by Gasteiger charge is 2.28. The topological polar surface area (TPSA) is 9.23 Å². The van der Waals surface area contributed by atoms with Crippen molar-refractivity contribution in [2.45, 2.75) is 39.5 Å². The van der Waals surface area contributed by atoms with Gasteiger partial charge in [0.1, 0.15) is 5.75 Å². The molecule has 1 heterocycles. The van der Waals surface area contributed by atoms with Crippen molar-refractivity contribution < 1.29 is 4.74 Å². The van der Waals surface area contributed by atoms with Crippen molar-refractivity contribution in [3.63, 3.8) is 0 Å². The van der Waals surface area contributed by atoms with Gasteiger partial charge < -0.3 is 4.74 Å². The monoisotopic (exact) mass is 266 g/mol. The van der Waals surface area contributed by atoms with Crippen molar-refractivity contribution in [3.05, 3.63) is 64.2 Å². The number of ether oxygens (including phenoxy) is 1. The van der Waals surface area contributed by atoms with Gasteiger partial charge in [-0.1, -0.05) is 50.2 Å². The summed E-state index contributed by atoms with van der Waals surface area (Å²) >= 11 is 0. The smallest absolute Gasteiger partial charge is 0.126 e. The third-order valence-electron chi connectivity index (χ3n) is 4.36. The van der Waals surface area contributed by atoms with E-state index in [2.05, 4.69) is 64.1 Å². The van der Waals surface area contributed by atoms with Crippen LogP contribution in [0.15, 0.2) is 36.4 Å². The quantitative estimate of drug-likeness (QED) is 0.747. The normalized spacial score (nSPS) is 17.1. The Bertz CT molecular complexity index is 623. The molecule has 0 aliphatic carbocycles. The minimum absolute atomic E-state index is 0.381. The van der Waals surface area contributed by atoms with E-state index in [1.165, 1.54) is 27.8 Å². The standard InChI is InChI=1S/C19H22O/c1-12(2)15-7-9-16(10-8-15)17-11-20-19-14(4)6-5-13(3)18(17)19/h5-10,12,17H,11H2,1-4H3/t17-/m0/s1. The first-order chi connectivity index (χ1) is 9.58. The summed E-state index contributed by atoms with van der Waals surface area (Å²) in [6.07, 6.45) is 0. The molecule has 0 fully saturated rings. The average molecular weight is 266 g/mol. The summed E-state index contributed by atoms with van der Waals surface area (Å²) in [4.78, 5) is 0. The predicted octanol–water partition coefficient (Wildman–Crippen LogP) is 4.95. The molecule has 20 heavy (non-hydrogen) atoms. The zero-order valence-electron chi connectivity index (χ0n) is 12.7. The van der Waals surface area contributed by atoms with Crippen LogP contribution >= 0.6 is 0 Å². The molecule has 1 nitrogen and oxygen atoms in total. The summed E-state index contributed by atoms with van der Waals surface area (Å²) in [5, 5.41) is 0. The molecule has 1 heteroatoms. The van der Waals surface area contributed by atoms with Gasteiger partial charge in [-0.15, -0.1) is 0 Å². The molecule has 0 unspecified atom stereocenters. The van der Waals surface area contributed by atoms with Gasteiger partial charge in [0.2, 0.25) is 0 Å². The second-order valence-corrected chi connectivity index (χ2v) is 6.13. The molecule has 1 aliphatic heterocycles. The van der Waals surface area contributed by atoms with Crippen LogP contribution in [-0.2, 0) is 0 Å². The van der Waals surface area contributed by atoms with Crippen LogP contribution in [0.1, 0.15) is 53.5 Å². The van der Waals surface area contributed by atoms with Gasteiger partial charge in [-0.05, 0) is 42.0 Å². The molecule has 0 saturated heterocycles. The van der Waals surface area contributed by atoms with E-state index in [9.17, 15) is 0 Å². The van der Waals surface area contributed by atoms with Crippen LogP contribution in [0.4, 0.5) is 0 Å². The SMILES string of the molecule is Cc1ccc(C)c2c1OC[C@H]2c1ccc(C(C)C)cc1. The summed E-state index contributed by atoms with van der Waals surface area (Å²) in [5.74, 6) is 2.06. The highest BCUT2D eigenvalue weighted by molar-refractivity contribution is 5.53. The molecule has 3 rings (SSSR count). The van der Waals surface area contributed by atoms with E-state index in [0.717, 1.165) is 12.4 Å². The number of hydrogen-bond donors (Lipinski definition) is 0. The van der Waals surface area contributed by atoms with E-state index < -0.39 is 0 Å². The van der Waals surface area contributed by atoms with Crippen molar-refractivity contribution in [1.29, 1.82) is 0 Å². The summed E-state index contributed by atoms with van der Waals surface area (Å²) in [5.41, 5.74) is 6.71. The largest absolute Gasteiger partial charge is 0.492 e. The fraction of sp³-hybridized carbons (Fsp3) is 0.368. The maximum Gasteiger partial charge on any atom is 0.126 e. The second-order valence-electron chi connectivity index (χ2n) is 6.13. The molecule has 0 N–H and O–H groups in total. The zero-order chi connectivity index (χ0) is 14.3. The lowest BCUT2D eigenvalue weighted by Crippen LogP contribution is -2.03. The van der Waals surface area contributed by atoms with Crippen molar-refractivity contribution in [3.8, 4) is 5.75 Å². The summed E-state index contributed by atoms with van der Waals surface area (Å²) < 4.78 is 5.95. The Morgan fingerprint density at radius 1 is 0.950 bits per heavy atom. The Hall–Kier alpha value is -1.76. The molecule has 0 bridgehead atoms. The molecule has 0 radical (unpaired) electrons. The first kappa shape index (κ1) is 13.2. The molecule has 0 saturated carbocycles. The third-order valence-corrected chi connectivity index (χ3v) is 4.36. The van der Waals surface area contributed by atoms with E-state index in [4.69, 9.17) is 4.74 Å². The first-order valence-electron chi connectivity index (χ1n) is 7.40. The van der Waals surface area contributed by atoms with E-state index in [0.29, 0.717) is 11.8 Å². The number of hydrogen-bond acceptors (Lipinski definition) is 1. The van der Waals surface area contributed by atoms with E-state index in [1.807, 2.05) is 0 Å². The lowest BCUT2D eigenvalue weighted by molar-refractivity contribution is 0.341. The van der Waals surface area contributed by atoms with Gasteiger partial charge in [-0.3, -0.25) is 0 Å². The Morgan fingerprint density at radius 3 is 2.25 bits per heavy atom. The maximum atomic E-state index is 5.95. The summed E-state index contributed by atoms with van der Waals surface area (Å²) in [6, 6.07) is 13.4.